The lowest BCUT2D eigenvalue weighted by molar-refractivity contribution is 0.184. The van der Waals surface area contributed by atoms with Gasteiger partial charge < -0.3 is 0 Å². The van der Waals surface area contributed by atoms with Crippen LogP contribution in [0.25, 0.3) is 0 Å². The van der Waals surface area contributed by atoms with Gasteiger partial charge in [-0.3, -0.25) is 0 Å². The van der Waals surface area contributed by atoms with E-state index in [1.54, 1.807) is 0 Å². The third-order valence-electron chi connectivity index (χ3n) is 2.65. The maximum Gasteiger partial charge on any atom is 0.0447 e. The average Bonchev–Trinajstić information content (AvgIpc) is 2.27. The minimum absolute atomic E-state index is 0.272. The van der Waals surface area contributed by atoms with Crippen LogP contribution in [0.3, 0.4) is 0 Å². The minimum atomic E-state index is 0.272. The molecule has 1 fully saturated rings. The fourth-order valence-corrected chi connectivity index (χ4v) is 1.80. The molecule has 0 saturated carbocycles. The molecular weight excluding hydrogens is 162 g/mol. The molecule has 78 valence electrons. The highest BCUT2D eigenvalue weighted by Crippen LogP contribution is 2.31. The van der Waals surface area contributed by atoms with Crippen LogP contribution in [-0.2, 0) is 0 Å². The molecule has 1 saturated heterocycles. The van der Waals surface area contributed by atoms with E-state index in [0.29, 0.717) is 12.1 Å². The van der Waals surface area contributed by atoms with E-state index in [9.17, 15) is 0 Å². The fourth-order valence-electron chi connectivity index (χ4n) is 1.80. The summed E-state index contributed by atoms with van der Waals surface area (Å²) in [6.45, 7) is 13.6. The molecule has 0 aromatic rings. The molecule has 0 aromatic heterocycles. The SMILES string of the molecule is CC(C)(C)C1NNNC1C(C)(C)C. The van der Waals surface area contributed by atoms with Gasteiger partial charge in [-0.05, 0) is 10.8 Å². The molecule has 1 aliphatic heterocycles. The first-order chi connectivity index (χ1) is 5.73. The van der Waals surface area contributed by atoms with Gasteiger partial charge in [-0.25, -0.2) is 10.9 Å². The Labute approximate surface area is 81.6 Å². The summed E-state index contributed by atoms with van der Waals surface area (Å²) in [6, 6.07) is 0.931. The third-order valence-corrected chi connectivity index (χ3v) is 2.65. The van der Waals surface area contributed by atoms with Crippen LogP contribution in [0.15, 0.2) is 0 Å². The van der Waals surface area contributed by atoms with Crippen LogP contribution < -0.4 is 16.4 Å². The van der Waals surface area contributed by atoms with Crippen LogP contribution in [-0.4, -0.2) is 12.1 Å². The molecule has 1 heterocycles. The normalized spacial score (nSPS) is 30.9. The molecule has 2 unspecified atom stereocenters. The highest BCUT2D eigenvalue weighted by Gasteiger charge is 2.41. The number of hydrogen-bond donors (Lipinski definition) is 3. The van der Waals surface area contributed by atoms with Gasteiger partial charge in [0.25, 0.3) is 0 Å². The molecule has 0 amide bonds. The molecule has 3 heteroatoms. The van der Waals surface area contributed by atoms with Crippen molar-refractivity contribution in [2.24, 2.45) is 10.8 Å². The summed E-state index contributed by atoms with van der Waals surface area (Å²) < 4.78 is 0. The van der Waals surface area contributed by atoms with Crippen LogP contribution >= 0.6 is 0 Å². The summed E-state index contributed by atoms with van der Waals surface area (Å²) in [5.74, 6) is 0. The molecule has 3 N–H and O–H groups in total. The van der Waals surface area contributed by atoms with Crippen molar-refractivity contribution in [1.82, 2.24) is 16.4 Å². The molecule has 13 heavy (non-hydrogen) atoms. The fraction of sp³-hybridized carbons (Fsp3) is 1.00. The Balaban J connectivity index is 2.76. The molecule has 0 bridgehead atoms. The lowest BCUT2D eigenvalue weighted by Crippen LogP contribution is -2.50. The van der Waals surface area contributed by atoms with Crippen LogP contribution in [0.5, 0.6) is 0 Å². The largest absolute Gasteiger partial charge is 0.239 e. The second-order valence-electron chi connectivity index (χ2n) is 6.10. The number of hydrogen-bond acceptors (Lipinski definition) is 3. The standard InChI is InChI=1S/C10H23N3/c1-9(2,3)7-8(10(4,5)6)12-13-11-7/h7-8,11-13H,1-6H3. The maximum atomic E-state index is 3.29. The van der Waals surface area contributed by atoms with Crippen molar-refractivity contribution >= 4 is 0 Å². The molecular formula is C10H23N3. The van der Waals surface area contributed by atoms with E-state index in [1.807, 2.05) is 0 Å². The van der Waals surface area contributed by atoms with Crippen molar-refractivity contribution in [3.63, 3.8) is 0 Å². The first kappa shape index (κ1) is 11.0. The second kappa shape index (κ2) is 3.23. The molecule has 0 aliphatic carbocycles. The topological polar surface area (TPSA) is 36.1 Å². The third kappa shape index (κ3) is 2.42. The second-order valence-corrected chi connectivity index (χ2v) is 6.10. The predicted molar refractivity (Wildman–Crippen MR) is 55.9 cm³/mol. The van der Waals surface area contributed by atoms with Crippen LogP contribution in [0.1, 0.15) is 41.5 Å². The zero-order valence-corrected chi connectivity index (χ0v) is 9.65. The van der Waals surface area contributed by atoms with Gasteiger partial charge in [0, 0.05) is 12.1 Å². The van der Waals surface area contributed by atoms with Gasteiger partial charge in [0.15, 0.2) is 0 Å². The highest BCUT2D eigenvalue weighted by molar-refractivity contribution is 4.98. The summed E-state index contributed by atoms with van der Waals surface area (Å²) in [5.41, 5.74) is 10.2. The Hall–Kier alpha value is -0.120. The van der Waals surface area contributed by atoms with Gasteiger partial charge in [-0.2, -0.15) is 5.53 Å². The summed E-state index contributed by atoms with van der Waals surface area (Å²) >= 11 is 0. The Kier molecular flexibility index (Phi) is 2.72. The number of hydrazine groups is 2. The van der Waals surface area contributed by atoms with Gasteiger partial charge in [0.05, 0.1) is 0 Å². The van der Waals surface area contributed by atoms with Crippen molar-refractivity contribution in [2.45, 2.75) is 53.6 Å². The van der Waals surface area contributed by atoms with E-state index in [-0.39, 0.29) is 10.8 Å². The zero-order chi connectivity index (χ0) is 10.3. The average molecular weight is 185 g/mol. The van der Waals surface area contributed by atoms with Crippen molar-refractivity contribution in [1.29, 1.82) is 0 Å². The smallest absolute Gasteiger partial charge is 0.0447 e. The van der Waals surface area contributed by atoms with Crippen molar-refractivity contribution in [3.05, 3.63) is 0 Å². The molecule has 2 atom stereocenters. The van der Waals surface area contributed by atoms with Gasteiger partial charge in [-0.1, -0.05) is 41.5 Å². The van der Waals surface area contributed by atoms with E-state index < -0.39 is 0 Å². The quantitative estimate of drug-likeness (QED) is 0.534. The molecule has 0 spiro atoms. The van der Waals surface area contributed by atoms with E-state index >= 15 is 0 Å². The van der Waals surface area contributed by atoms with E-state index in [2.05, 4.69) is 57.9 Å². The van der Waals surface area contributed by atoms with Crippen molar-refractivity contribution in [2.75, 3.05) is 0 Å². The van der Waals surface area contributed by atoms with Gasteiger partial charge >= 0.3 is 0 Å². The lowest BCUT2D eigenvalue weighted by Gasteiger charge is -2.37. The Morgan fingerprint density at radius 2 is 1.00 bits per heavy atom. The van der Waals surface area contributed by atoms with E-state index in [4.69, 9.17) is 0 Å². The molecule has 1 aliphatic rings. The summed E-state index contributed by atoms with van der Waals surface area (Å²) in [5, 5.41) is 0. The van der Waals surface area contributed by atoms with E-state index in [0.717, 1.165) is 0 Å². The minimum Gasteiger partial charge on any atom is -0.239 e. The number of nitrogens with one attached hydrogen (secondary N) is 3. The Morgan fingerprint density at radius 1 is 0.692 bits per heavy atom. The van der Waals surface area contributed by atoms with Crippen LogP contribution in [0, 0.1) is 10.8 Å². The van der Waals surface area contributed by atoms with Crippen LogP contribution in [0.4, 0.5) is 0 Å². The first-order valence-corrected chi connectivity index (χ1v) is 4.99. The summed E-state index contributed by atoms with van der Waals surface area (Å²) in [6.07, 6.45) is 0. The Bertz CT molecular complexity index is 156. The Morgan fingerprint density at radius 3 is 1.23 bits per heavy atom. The number of rotatable bonds is 0. The predicted octanol–water partition coefficient (Wildman–Crippen LogP) is 1.43. The molecule has 0 radical (unpaired) electrons. The van der Waals surface area contributed by atoms with Crippen LogP contribution in [0.2, 0.25) is 0 Å². The molecule has 0 aromatic carbocycles. The summed E-state index contributed by atoms with van der Waals surface area (Å²) in [7, 11) is 0. The van der Waals surface area contributed by atoms with Crippen molar-refractivity contribution < 1.29 is 0 Å². The lowest BCUT2D eigenvalue weighted by atomic mass is 9.74. The monoisotopic (exact) mass is 185 g/mol. The highest BCUT2D eigenvalue weighted by atomic mass is 15.7. The van der Waals surface area contributed by atoms with Crippen molar-refractivity contribution in [3.8, 4) is 0 Å². The van der Waals surface area contributed by atoms with E-state index in [1.165, 1.54) is 0 Å². The first-order valence-electron chi connectivity index (χ1n) is 4.99. The maximum absolute atomic E-state index is 3.29. The van der Waals surface area contributed by atoms with Gasteiger partial charge in [-0.15, -0.1) is 0 Å². The van der Waals surface area contributed by atoms with Gasteiger partial charge in [0.1, 0.15) is 0 Å². The zero-order valence-electron chi connectivity index (χ0n) is 9.65. The summed E-state index contributed by atoms with van der Waals surface area (Å²) in [4.78, 5) is 0. The molecule has 3 nitrogen and oxygen atoms in total. The van der Waals surface area contributed by atoms with Gasteiger partial charge in [0.2, 0.25) is 0 Å². The molecule has 1 rings (SSSR count).